The SMILES string of the molecule is O=C1CCC2=C1N=CC2. The smallest absolute Gasteiger partial charge is 0.181 e. The Morgan fingerprint density at radius 3 is 3.11 bits per heavy atom. The predicted molar refractivity (Wildman–Crippen MR) is 34.4 cm³/mol. The van der Waals surface area contributed by atoms with E-state index in [1.54, 1.807) is 0 Å². The largest absolute Gasteiger partial charge is 0.292 e. The molecule has 2 aliphatic rings. The Labute approximate surface area is 53.3 Å². The van der Waals surface area contributed by atoms with Crippen LogP contribution in [0.25, 0.3) is 0 Å². The molecule has 0 radical (unpaired) electrons. The average Bonchev–Trinajstić information content (AvgIpc) is 2.35. The maximum absolute atomic E-state index is 10.9. The molecule has 0 fully saturated rings. The predicted octanol–water partition coefficient (Wildman–Crippen LogP) is 1.08. The van der Waals surface area contributed by atoms with E-state index in [0.717, 1.165) is 18.5 Å². The van der Waals surface area contributed by atoms with Crippen molar-refractivity contribution in [2.24, 2.45) is 4.99 Å². The Balaban J connectivity index is 2.43. The van der Waals surface area contributed by atoms with Crippen molar-refractivity contribution in [1.82, 2.24) is 0 Å². The summed E-state index contributed by atoms with van der Waals surface area (Å²) < 4.78 is 0. The Bertz CT molecular complexity index is 225. The van der Waals surface area contributed by atoms with Gasteiger partial charge in [-0.15, -0.1) is 0 Å². The summed E-state index contributed by atoms with van der Waals surface area (Å²) in [6, 6.07) is 0. The van der Waals surface area contributed by atoms with Gasteiger partial charge in [0.05, 0.1) is 0 Å². The molecule has 0 spiro atoms. The molecule has 46 valence electrons. The van der Waals surface area contributed by atoms with E-state index < -0.39 is 0 Å². The van der Waals surface area contributed by atoms with Crippen LogP contribution in [0.2, 0.25) is 0 Å². The lowest BCUT2D eigenvalue weighted by molar-refractivity contribution is -0.114. The molecule has 2 nitrogen and oxygen atoms in total. The molecule has 1 aliphatic carbocycles. The van der Waals surface area contributed by atoms with Crippen molar-refractivity contribution < 1.29 is 4.79 Å². The molecule has 2 heteroatoms. The summed E-state index contributed by atoms with van der Waals surface area (Å²) in [4.78, 5) is 14.9. The minimum atomic E-state index is 0.235. The van der Waals surface area contributed by atoms with E-state index in [0.29, 0.717) is 6.42 Å². The Hall–Kier alpha value is -0.920. The Kier molecular flexibility index (Phi) is 0.835. The number of carbonyl (C=O) groups excluding carboxylic acids is 1. The lowest BCUT2D eigenvalue weighted by Crippen LogP contribution is -1.90. The fourth-order valence-corrected chi connectivity index (χ4v) is 1.31. The molecule has 0 bridgehead atoms. The second kappa shape index (κ2) is 1.53. The van der Waals surface area contributed by atoms with Crippen molar-refractivity contribution in [2.75, 3.05) is 0 Å². The highest BCUT2D eigenvalue weighted by Gasteiger charge is 2.23. The second-order valence-corrected chi connectivity index (χ2v) is 2.39. The number of hydrogen-bond donors (Lipinski definition) is 0. The summed E-state index contributed by atoms with van der Waals surface area (Å²) >= 11 is 0. The van der Waals surface area contributed by atoms with Crippen molar-refractivity contribution in [2.45, 2.75) is 19.3 Å². The molecule has 2 rings (SSSR count). The molecule has 0 aromatic heterocycles. The lowest BCUT2D eigenvalue weighted by Gasteiger charge is -1.84. The summed E-state index contributed by atoms with van der Waals surface area (Å²) in [6.45, 7) is 0. The van der Waals surface area contributed by atoms with Crippen LogP contribution in [-0.2, 0) is 4.79 Å². The first kappa shape index (κ1) is 4.91. The second-order valence-electron chi connectivity index (χ2n) is 2.39. The number of allylic oxidation sites excluding steroid dienone is 2. The first-order valence-electron chi connectivity index (χ1n) is 3.15. The molecule has 0 aromatic rings. The molecule has 0 saturated heterocycles. The fourth-order valence-electron chi connectivity index (χ4n) is 1.31. The Morgan fingerprint density at radius 1 is 1.44 bits per heavy atom. The number of Topliss-reactive ketones (excluding diaryl/α,β-unsaturated/α-hetero) is 1. The molecule has 9 heavy (non-hydrogen) atoms. The van der Waals surface area contributed by atoms with Crippen LogP contribution in [-0.4, -0.2) is 12.0 Å². The number of aliphatic imine (C=N–C) groups is 1. The summed E-state index contributed by atoms with van der Waals surface area (Å²) in [7, 11) is 0. The third kappa shape index (κ3) is 0.559. The van der Waals surface area contributed by atoms with Crippen LogP contribution in [0.15, 0.2) is 16.3 Å². The molecular weight excluding hydrogens is 114 g/mol. The zero-order valence-corrected chi connectivity index (χ0v) is 5.05. The number of carbonyl (C=O) groups is 1. The van der Waals surface area contributed by atoms with Crippen molar-refractivity contribution in [1.29, 1.82) is 0 Å². The van der Waals surface area contributed by atoms with Crippen LogP contribution < -0.4 is 0 Å². The van der Waals surface area contributed by atoms with Gasteiger partial charge in [-0.25, -0.2) is 0 Å². The molecular formula is C7H7NO. The first-order chi connectivity index (χ1) is 4.38. The molecule has 0 aromatic carbocycles. The van der Waals surface area contributed by atoms with E-state index in [2.05, 4.69) is 4.99 Å². The van der Waals surface area contributed by atoms with Gasteiger partial charge in [0.25, 0.3) is 0 Å². The van der Waals surface area contributed by atoms with Gasteiger partial charge in [0.15, 0.2) is 5.78 Å². The van der Waals surface area contributed by atoms with Gasteiger partial charge in [0, 0.05) is 19.1 Å². The minimum Gasteiger partial charge on any atom is -0.292 e. The van der Waals surface area contributed by atoms with E-state index in [1.165, 1.54) is 5.57 Å². The molecule has 0 atom stereocenters. The third-order valence-corrected chi connectivity index (χ3v) is 1.81. The van der Waals surface area contributed by atoms with Crippen molar-refractivity contribution in [3.8, 4) is 0 Å². The van der Waals surface area contributed by atoms with Gasteiger partial charge in [0.1, 0.15) is 5.70 Å². The van der Waals surface area contributed by atoms with Crippen molar-refractivity contribution in [3.05, 3.63) is 11.3 Å². The third-order valence-electron chi connectivity index (χ3n) is 1.81. The zero-order valence-electron chi connectivity index (χ0n) is 5.05. The summed E-state index contributed by atoms with van der Waals surface area (Å²) in [5, 5.41) is 0. The molecule has 1 aliphatic heterocycles. The number of hydrogen-bond acceptors (Lipinski definition) is 2. The molecule has 0 saturated carbocycles. The van der Waals surface area contributed by atoms with Gasteiger partial charge in [-0.3, -0.25) is 9.79 Å². The van der Waals surface area contributed by atoms with Gasteiger partial charge < -0.3 is 0 Å². The van der Waals surface area contributed by atoms with Crippen LogP contribution in [0, 0.1) is 0 Å². The van der Waals surface area contributed by atoms with Gasteiger partial charge in [-0.2, -0.15) is 0 Å². The van der Waals surface area contributed by atoms with E-state index >= 15 is 0 Å². The Morgan fingerprint density at radius 2 is 2.33 bits per heavy atom. The topological polar surface area (TPSA) is 29.4 Å². The number of nitrogens with zero attached hydrogens (tertiary/aromatic N) is 1. The van der Waals surface area contributed by atoms with Crippen molar-refractivity contribution >= 4 is 12.0 Å². The lowest BCUT2D eigenvalue weighted by atomic mass is 10.2. The highest BCUT2D eigenvalue weighted by Crippen LogP contribution is 2.28. The molecule has 0 amide bonds. The van der Waals surface area contributed by atoms with Crippen LogP contribution >= 0.6 is 0 Å². The van der Waals surface area contributed by atoms with Crippen LogP contribution in [0.4, 0.5) is 0 Å². The van der Waals surface area contributed by atoms with Gasteiger partial charge >= 0.3 is 0 Å². The first-order valence-corrected chi connectivity index (χ1v) is 3.15. The van der Waals surface area contributed by atoms with Crippen molar-refractivity contribution in [3.63, 3.8) is 0 Å². The van der Waals surface area contributed by atoms with E-state index in [9.17, 15) is 4.79 Å². The number of rotatable bonds is 0. The fraction of sp³-hybridized carbons (Fsp3) is 0.429. The number of ketones is 1. The van der Waals surface area contributed by atoms with E-state index in [-0.39, 0.29) is 5.78 Å². The molecule has 1 heterocycles. The molecule has 0 N–H and O–H groups in total. The average molecular weight is 121 g/mol. The summed E-state index contributed by atoms with van der Waals surface area (Å²) in [5.41, 5.74) is 2.01. The van der Waals surface area contributed by atoms with E-state index in [1.807, 2.05) is 6.21 Å². The highest BCUT2D eigenvalue weighted by atomic mass is 16.1. The van der Waals surface area contributed by atoms with Gasteiger partial charge in [-0.1, -0.05) is 0 Å². The van der Waals surface area contributed by atoms with Gasteiger partial charge in [-0.05, 0) is 12.0 Å². The van der Waals surface area contributed by atoms with Crippen LogP contribution in [0.1, 0.15) is 19.3 Å². The maximum atomic E-state index is 10.9. The maximum Gasteiger partial charge on any atom is 0.181 e. The highest BCUT2D eigenvalue weighted by molar-refractivity contribution is 6.01. The molecule has 0 unspecified atom stereocenters. The van der Waals surface area contributed by atoms with Crippen LogP contribution in [0.3, 0.4) is 0 Å². The summed E-state index contributed by atoms with van der Waals surface area (Å²) in [6.07, 6.45) is 4.39. The van der Waals surface area contributed by atoms with E-state index in [4.69, 9.17) is 0 Å². The van der Waals surface area contributed by atoms with Crippen LogP contribution in [0.5, 0.6) is 0 Å². The van der Waals surface area contributed by atoms with Gasteiger partial charge in [0.2, 0.25) is 0 Å². The quantitative estimate of drug-likeness (QED) is 0.471. The standard InChI is InChI=1S/C7H7NO/c9-6-2-1-5-3-4-8-7(5)6/h4H,1-3H2. The minimum absolute atomic E-state index is 0.235. The normalized spacial score (nSPS) is 23.8. The zero-order chi connectivity index (χ0) is 6.27. The monoisotopic (exact) mass is 121 g/mol. The summed E-state index contributed by atoms with van der Waals surface area (Å²) in [5.74, 6) is 0.235.